The first-order chi connectivity index (χ1) is 10.9. The molecule has 5 aromatic rings. The molecule has 0 saturated heterocycles. The molecule has 3 aromatic carbocycles. The number of nitrogens with zero attached hydrogens (tertiary/aromatic N) is 3. The van der Waals surface area contributed by atoms with Crippen LogP contribution in [0.5, 0.6) is 0 Å². The van der Waals surface area contributed by atoms with E-state index in [0.717, 1.165) is 21.8 Å². The molecule has 2 aromatic heterocycles. The molecule has 3 heteroatoms. The second kappa shape index (κ2) is 4.21. The molecular weight excluding hydrogens is 270 g/mol. The lowest BCUT2D eigenvalue weighted by Crippen LogP contribution is -1.84. The molecule has 0 N–H and O–H groups in total. The predicted octanol–water partition coefficient (Wildman–Crippen LogP) is 4.48. The van der Waals surface area contributed by atoms with Crippen LogP contribution in [-0.4, -0.2) is 15.0 Å². The first-order valence-corrected chi connectivity index (χ1v) is 7.19. The highest BCUT2D eigenvalue weighted by Gasteiger charge is 2.04. The van der Waals surface area contributed by atoms with Crippen LogP contribution >= 0.6 is 0 Å². The van der Waals surface area contributed by atoms with Gasteiger partial charge in [-0.05, 0) is 64.0 Å². The maximum absolute atomic E-state index is 4.44. The quantitative estimate of drug-likeness (QED) is 0.393. The van der Waals surface area contributed by atoms with E-state index in [1.807, 2.05) is 18.5 Å². The zero-order chi connectivity index (χ0) is 14.5. The first-order valence-electron chi connectivity index (χ1n) is 7.19. The predicted molar refractivity (Wildman–Crippen MR) is 89.9 cm³/mol. The van der Waals surface area contributed by atoms with Crippen molar-refractivity contribution in [3.05, 3.63) is 67.3 Å². The number of rotatable bonds is 0. The van der Waals surface area contributed by atoms with Crippen molar-refractivity contribution in [1.29, 1.82) is 0 Å². The fraction of sp³-hybridized carbons (Fsp3) is 0. The van der Waals surface area contributed by atoms with Crippen molar-refractivity contribution in [1.82, 2.24) is 15.0 Å². The Kier molecular flexibility index (Phi) is 2.22. The Morgan fingerprint density at radius 2 is 1.23 bits per heavy atom. The lowest BCUT2D eigenvalue weighted by Gasteiger charge is -2.06. The Bertz CT molecular complexity index is 995. The van der Waals surface area contributed by atoms with Crippen molar-refractivity contribution in [2.45, 2.75) is 0 Å². The molecule has 0 saturated carbocycles. The summed E-state index contributed by atoms with van der Waals surface area (Å²) in [5, 5.41) is 7.05. The summed E-state index contributed by atoms with van der Waals surface area (Å²) in [6.07, 6.45) is 5.28. The fourth-order valence-corrected chi connectivity index (χ4v) is 3.05. The van der Waals surface area contributed by atoms with Crippen LogP contribution < -0.4 is 0 Å². The number of aromatic nitrogens is 3. The number of hydrogen-bond acceptors (Lipinski definition) is 3. The normalized spacial score (nSPS) is 11.6. The molecule has 0 fully saturated rings. The minimum Gasteiger partial charge on any atom is -0.256 e. The summed E-state index contributed by atoms with van der Waals surface area (Å²) < 4.78 is 0. The van der Waals surface area contributed by atoms with Gasteiger partial charge in [0.2, 0.25) is 0 Å². The van der Waals surface area contributed by atoms with E-state index in [2.05, 4.69) is 57.4 Å². The molecule has 22 heavy (non-hydrogen) atoms. The van der Waals surface area contributed by atoms with E-state index >= 15 is 0 Å². The molecular formula is C19H11N3. The van der Waals surface area contributed by atoms with Crippen molar-refractivity contribution in [2.24, 2.45) is 0 Å². The van der Waals surface area contributed by atoms with E-state index in [1.54, 1.807) is 6.33 Å². The van der Waals surface area contributed by atoms with Gasteiger partial charge in [-0.3, -0.25) is 4.98 Å². The van der Waals surface area contributed by atoms with Gasteiger partial charge >= 0.3 is 0 Å². The third-order valence-corrected chi connectivity index (χ3v) is 4.14. The highest BCUT2D eigenvalue weighted by molar-refractivity contribution is 6.06. The molecule has 0 aliphatic rings. The molecule has 0 atom stereocenters. The first kappa shape index (κ1) is 11.6. The average Bonchev–Trinajstić information content (AvgIpc) is 2.56. The third kappa shape index (κ3) is 1.66. The molecule has 0 amide bonds. The summed E-state index contributed by atoms with van der Waals surface area (Å²) in [4.78, 5) is 12.9. The highest BCUT2D eigenvalue weighted by Crippen LogP contribution is 2.28. The van der Waals surface area contributed by atoms with Crippen molar-refractivity contribution in [2.75, 3.05) is 0 Å². The Morgan fingerprint density at radius 1 is 0.591 bits per heavy atom. The Balaban J connectivity index is 1.93. The largest absolute Gasteiger partial charge is 0.256 e. The third-order valence-electron chi connectivity index (χ3n) is 4.14. The fourth-order valence-electron chi connectivity index (χ4n) is 3.05. The van der Waals surface area contributed by atoms with Gasteiger partial charge in [0, 0.05) is 23.2 Å². The monoisotopic (exact) mass is 281 g/mol. The summed E-state index contributed by atoms with van der Waals surface area (Å²) in [5.74, 6) is 0. The summed E-state index contributed by atoms with van der Waals surface area (Å²) in [6.45, 7) is 0. The average molecular weight is 281 g/mol. The van der Waals surface area contributed by atoms with E-state index in [4.69, 9.17) is 0 Å². The van der Waals surface area contributed by atoms with Gasteiger partial charge in [0.15, 0.2) is 0 Å². The SMILES string of the molecule is c1cnc2cc3cc4cc5cncnc5cc4cc3cc2c1. The molecule has 2 heterocycles. The Labute approximate surface area is 126 Å². The van der Waals surface area contributed by atoms with Crippen LogP contribution in [0.15, 0.2) is 67.3 Å². The van der Waals surface area contributed by atoms with Crippen LogP contribution in [0.3, 0.4) is 0 Å². The number of hydrogen-bond donors (Lipinski definition) is 0. The van der Waals surface area contributed by atoms with Crippen molar-refractivity contribution in [3.8, 4) is 0 Å². The molecule has 5 rings (SSSR count). The van der Waals surface area contributed by atoms with Gasteiger partial charge in [0.05, 0.1) is 11.0 Å². The maximum Gasteiger partial charge on any atom is 0.116 e. The van der Waals surface area contributed by atoms with Gasteiger partial charge in [-0.2, -0.15) is 0 Å². The maximum atomic E-state index is 4.44. The number of pyridine rings is 1. The van der Waals surface area contributed by atoms with Crippen LogP contribution in [0.2, 0.25) is 0 Å². The van der Waals surface area contributed by atoms with E-state index in [0.29, 0.717) is 0 Å². The van der Waals surface area contributed by atoms with Gasteiger partial charge < -0.3 is 0 Å². The topological polar surface area (TPSA) is 38.7 Å². The van der Waals surface area contributed by atoms with E-state index < -0.39 is 0 Å². The van der Waals surface area contributed by atoms with E-state index in [9.17, 15) is 0 Å². The standard InChI is InChI=1S/C19H11N3/c1-2-12-4-13-5-16-9-19-17(10-20-11-22-19)7-14(16)6-15(13)8-18(12)21-3-1/h1-11H. The molecule has 0 radical (unpaired) electrons. The Hall–Kier alpha value is -3.07. The molecule has 0 aliphatic carbocycles. The lowest BCUT2D eigenvalue weighted by atomic mass is 10.0. The van der Waals surface area contributed by atoms with Gasteiger partial charge in [0.1, 0.15) is 6.33 Å². The molecule has 0 spiro atoms. The Morgan fingerprint density at radius 3 is 2.05 bits per heavy atom. The van der Waals surface area contributed by atoms with Gasteiger partial charge in [-0.25, -0.2) is 9.97 Å². The van der Waals surface area contributed by atoms with Crippen LogP contribution in [0.4, 0.5) is 0 Å². The molecule has 3 nitrogen and oxygen atoms in total. The summed E-state index contributed by atoms with van der Waals surface area (Å²) in [6, 6.07) is 17.1. The minimum atomic E-state index is 0.976. The minimum absolute atomic E-state index is 0.976. The zero-order valence-corrected chi connectivity index (χ0v) is 11.7. The van der Waals surface area contributed by atoms with Gasteiger partial charge in [0.25, 0.3) is 0 Å². The smallest absolute Gasteiger partial charge is 0.116 e. The number of benzene rings is 3. The second-order valence-corrected chi connectivity index (χ2v) is 5.53. The van der Waals surface area contributed by atoms with Crippen LogP contribution in [-0.2, 0) is 0 Å². The van der Waals surface area contributed by atoms with Crippen molar-refractivity contribution < 1.29 is 0 Å². The number of fused-ring (bicyclic) bond motifs is 4. The van der Waals surface area contributed by atoms with E-state index in [-0.39, 0.29) is 0 Å². The zero-order valence-electron chi connectivity index (χ0n) is 11.7. The molecule has 0 unspecified atom stereocenters. The van der Waals surface area contributed by atoms with Crippen LogP contribution in [0.1, 0.15) is 0 Å². The molecule has 0 bridgehead atoms. The lowest BCUT2D eigenvalue weighted by molar-refractivity contribution is 1.22. The molecule has 0 aliphatic heterocycles. The summed E-state index contributed by atoms with van der Waals surface area (Å²) in [7, 11) is 0. The van der Waals surface area contributed by atoms with Gasteiger partial charge in [-0.1, -0.05) is 6.07 Å². The van der Waals surface area contributed by atoms with Crippen LogP contribution in [0, 0.1) is 0 Å². The van der Waals surface area contributed by atoms with Gasteiger partial charge in [-0.15, -0.1) is 0 Å². The second-order valence-electron chi connectivity index (χ2n) is 5.53. The van der Waals surface area contributed by atoms with Crippen LogP contribution in [0.25, 0.3) is 43.4 Å². The summed E-state index contributed by atoms with van der Waals surface area (Å²) >= 11 is 0. The van der Waals surface area contributed by atoms with E-state index in [1.165, 1.54) is 21.5 Å². The highest BCUT2D eigenvalue weighted by atomic mass is 14.8. The van der Waals surface area contributed by atoms with Crippen molar-refractivity contribution in [3.63, 3.8) is 0 Å². The summed E-state index contributed by atoms with van der Waals surface area (Å²) in [5.41, 5.74) is 2.00. The molecule has 102 valence electrons. The van der Waals surface area contributed by atoms with Crippen molar-refractivity contribution >= 4 is 43.4 Å².